The smallest absolute Gasteiger partial charge is 0.181 e. The number of hydrogen-bond donors (Lipinski definition) is 1. The van der Waals surface area contributed by atoms with Gasteiger partial charge in [0.15, 0.2) is 5.78 Å². The summed E-state index contributed by atoms with van der Waals surface area (Å²) >= 11 is 0. The van der Waals surface area contributed by atoms with Crippen molar-refractivity contribution in [3.05, 3.63) is 30.1 Å². The molecule has 3 nitrogen and oxygen atoms in total. The van der Waals surface area contributed by atoms with Gasteiger partial charge in [0.1, 0.15) is 5.69 Å². The Balaban J connectivity index is 1.58. The molecule has 0 aliphatic heterocycles. The molecule has 4 aliphatic carbocycles. The van der Waals surface area contributed by atoms with Crippen LogP contribution in [0, 0.1) is 17.3 Å². The molecule has 0 saturated heterocycles. The molecule has 1 aromatic rings. The number of rotatable bonds is 3. The number of hydrogen-bond acceptors (Lipinski definition) is 3. The van der Waals surface area contributed by atoms with Gasteiger partial charge in [-0.15, -0.1) is 0 Å². The van der Waals surface area contributed by atoms with Crippen molar-refractivity contribution in [2.75, 3.05) is 0 Å². The van der Waals surface area contributed by atoms with Crippen LogP contribution in [0.1, 0.15) is 55.4 Å². The first kappa shape index (κ1) is 12.5. The fourth-order valence-corrected chi connectivity index (χ4v) is 5.69. The van der Waals surface area contributed by atoms with Crippen molar-refractivity contribution >= 4 is 5.78 Å². The molecule has 4 bridgehead atoms. The lowest BCUT2D eigenvalue weighted by atomic mass is 9.46. The quantitative estimate of drug-likeness (QED) is 0.859. The highest BCUT2D eigenvalue weighted by Crippen LogP contribution is 2.62. The number of pyridine rings is 1. The van der Waals surface area contributed by atoms with Crippen LogP contribution in [0.5, 0.6) is 0 Å². The molecule has 5 rings (SSSR count). The molecule has 0 amide bonds. The molecule has 2 N–H and O–H groups in total. The maximum Gasteiger partial charge on any atom is 0.181 e. The van der Waals surface area contributed by atoms with Gasteiger partial charge in [-0.1, -0.05) is 6.07 Å². The average molecular weight is 270 g/mol. The molecule has 0 spiro atoms. The highest BCUT2D eigenvalue weighted by molar-refractivity contribution is 5.94. The van der Waals surface area contributed by atoms with Crippen molar-refractivity contribution in [3.8, 4) is 0 Å². The molecule has 4 fully saturated rings. The summed E-state index contributed by atoms with van der Waals surface area (Å²) in [6, 6.07) is 5.59. The number of carbonyl (C=O) groups is 1. The summed E-state index contributed by atoms with van der Waals surface area (Å²) in [6.45, 7) is 0. The zero-order valence-electron chi connectivity index (χ0n) is 11.8. The van der Waals surface area contributed by atoms with E-state index >= 15 is 0 Å². The molecule has 0 radical (unpaired) electrons. The van der Waals surface area contributed by atoms with Crippen molar-refractivity contribution in [1.82, 2.24) is 4.98 Å². The van der Waals surface area contributed by atoms with Gasteiger partial charge < -0.3 is 5.73 Å². The number of carbonyl (C=O) groups excluding carboxylic acids is 1. The van der Waals surface area contributed by atoms with E-state index in [0.29, 0.717) is 12.1 Å². The van der Waals surface area contributed by atoms with Crippen molar-refractivity contribution in [2.24, 2.45) is 23.0 Å². The van der Waals surface area contributed by atoms with E-state index in [0.717, 1.165) is 18.3 Å². The third-order valence-corrected chi connectivity index (χ3v) is 5.71. The second-order valence-electron chi connectivity index (χ2n) is 7.64. The largest absolute Gasteiger partial charge is 0.325 e. The summed E-state index contributed by atoms with van der Waals surface area (Å²) < 4.78 is 0. The van der Waals surface area contributed by atoms with Crippen LogP contribution in [0.4, 0.5) is 0 Å². The Morgan fingerprint density at radius 3 is 2.60 bits per heavy atom. The summed E-state index contributed by atoms with van der Waals surface area (Å²) in [4.78, 5) is 16.7. The minimum Gasteiger partial charge on any atom is -0.325 e. The van der Waals surface area contributed by atoms with E-state index in [1.807, 2.05) is 18.2 Å². The molecule has 1 aromatic heterocycles. The summed E-state index contributed by atoms with van der Waals surface area (Å²) in [7, 11) is 0. The summed E-state index contributed by atoms with van der Waals surface area (Å²) in [5.74, 6) is 1.73. The number of nitrogens with zero attached hydrogens (tertiary/aromatic N) is 1. The molecule has 0 aromatic carbocycles. The van der Waals surface area contributed by atoms with Gasteiger partial charge in [-0.25, -0.2) is 0 Å². The number of Topliss-reactive ketones (excluding diaryl/α,β-unsaturated/α-hetero) is 1. The minimum absolute atomic E-state index is 0.0223. The zero-order valence-corrected chi connectivity index (χ0v) is 11.8. The van der Waals surface area contributed by atoms with Crippen LogP contribution in [-0.2, 0) is 0 Å². The molecule has 2 unspecified atom stereocenters. The molecule has 3 heteroatoms. The molecule has 106 valence electrons. The Hall–Kier alpha value is -1.22. The van der Waals surface area contributed by atoms with E-state index in [1.165, 1.54) is 32.1 Å². The van der Waals surface area contributed by atoms with Gasteiger partial charge >= 0.3 is 0 Å². The first-order chi connectivity index (χ1) is 9.56. The monoisotopic (exact) mass is 270 g/mol. The first-order valence-electron chi connectivity index (χ1n) is 7.79. The van der Waals surface area contributed by atoms with Crippen LogP contribution < -0.4 is 5.73 Å². The molecule has 4 saturated carbocycles. The maximum absolute atomic E-state index is 12.5. The summed E-state index contributed by atoms with van der Waals surface area (Å²) in [5, 5.41) is 0. The third kappa shape index (κ3) is 1.99. The van der Waals surface area contributed by atoms with E-state index < -0.39 is 0 Å². The van der Waals surface area contributed by atoms with Crippen LogP contribution in [0.3, 0.4) is 0 Å². The van der Waals surface area contributed by atoms with Gasteiger partial charge in [0, 0.05) is 18.2 Å². The number of ketones is 1. The second kappa shape index (κ2) is 4.14. The highest BCUT2D eigenvalue weighted by Gasteiger charge is 2.56. The van der Waals surface area contributed by atoms with Gasteiger partial charge in [-0.2, -0.15) is 0 Å². The topological polar surface area (TPSA) is 56.0 Å². The lowest BCUT2D eigenvalue weighted by molar-refractivity contribution is -0.0664. The molecular weight excluding hydrogens is 248 g/mol. The fourth-order valence-electron chi connectivity index (χ4n) is 5.69. The van der Waals surface area contributed by atoms with E-state index in [9.17, 15) is 4.79 Å². The molecule has 4 aliphatic rings. The van der Waals surface area contributed by atoms with Gasteiger partial charge in [-0.05, 0) is 67.9 Å². The minimum atomic E-state index is 0.0223. The van der Waals surface area contributed by atoms with E-state index in [-0.39, 0.29) is 16.7 Å². The van der Waals surface area contributed by atoms with Gasteiger partial charge in [0.25, 0.3) is 0 Å². The van der Waals surface area contributed by atoms with Crippen LogP contribution >= 0.6 is 0 Å². The van der Waals surface area contributed by atoms with E-state index in [2.05, 4.69) is 4.98 Å². The summed E-state index contributed by atoms with van der Waals surface area (Å²) in [6.07, 6.45) is 9.53. The summed E-state index contributed by atoms with van der Waals surface area (Å²) in [5.41, 5.74) is 7.41. The van der Waals surface area contributed by atoms with Crippen molar-refractivity contribution < 1.29 is 4.79 Å². The third-order valence-electron chi connectivity index (χ3n) is 5.71. The highest BCUT2D eigenvalue weighted by atomic mass is 16.1. The first-order valence-corrected chi connectivity index (χ1v) is 7.79. The van der Waals surface area contributed by atoms with Crippen LogP contribution in [0.15, 0.2) is 24.4 Å². The molecule has 2 atom stereocenters. The van der Waals surface area contributed by atoms with Crippen molar-refractivity contribution in [3.63, 3.8) is 0 Å². The van der Waals surface area contributed by atoms with E-state index in [1.54, 1.807) is 6.20 Å². The Morgan fingerprint density at radius 2 is 2.00 bits per heavy atom. The Bertz CT molecular complexity index is 525. The number of aromatic nitrogens is 1. The van der Waals surface area contributed by atoms with Crippen LogP contribution in [0.25, 0.3) is 0 Å². The number of nitrogens with two attached hydrogens (primary N) is 1. The zero-order chi connectivity index (χ0) is 13.8. The van der Waals surface area contributed by atoms with Crippen molar-refractivity contribution in [2.45, 2.75) is 50.5 Å². The predicted molar refractivity (Wildman–Crippen MR) is 77.2 cm³/mol. The van der Waals surface area contributed by atoms with Gasteiger partial charge in [0.2, 0.25) is 0 Å². The Morgan fingerprint density at radius 1 is 1.25 bits per heavy atom. The van der Waals surface area contributed by atoms with Crippen molar-refractivity contribution in [1.29, 1.82) is 0 Å². The second-order valence-corrected chi connectivity index (χ2v) is 7.64. The van der Waals surface area contributed by atoms with Crippen LogP contribution in [0.2, 0.25) is 0 Å². The maximum atomic E-state index is 12.5. The lowest BCUT2D eigenvalue weighted by Gasteiger charge is -2.61. The Kier molecular flexibility index (Phi) is 2.59. The standard InChI is InChI=1S/C17H22N2O/c18-17-8-12-5-13(9-17)7-16(6-12,11-17)10-15(20)14-3-1-2-4-19-14/h1-4,12-13H,5-11,18H2. The SMILES string of the molecule is NC12CC3CC(C1)CC(CC(=O)c1ccccn1)(C3)C2. The lowest BCUT2D eigenvalue weighted by Crippen LogP contribution is -2.60. The Labute approximate surface area is 120 Å². The molecule has 1 heterocycles. The van der Waals surface area contributed by atoms with E-state index in [4.69, 9.17) is 5.73 Å². The predicted octanol–water partition coefficient (Wildman–Crippen LogP) is 2.95. The average Bonchev–Trinajstić information content (AvgIpc) is 2.36. The normalized spacial score (nSPS) is 41.9. The molecule has 20 heavy (non-hydrogen) atoms. The van der Waals surface area contributed by atoms with Gasteiger partial charge in [-0.3, -0.25) is 9.78 Å². The fraction of sp³-hybridized carbons (Fsp3) is 0.647. The molecular formula is C17H22N2O. The van der Waals surface area contributed by atoms with Crippen LogP contribution in [-0.4, -0.2) is 16.3 Å². The van der Waals surface area contributed by atoms with Gasteiger partial charge in [0.05, 0.1) is 0 Å².